The van der Waals surface area contributed by atoms with E-state index in [4.69, 9.17) is 4.74 Å². The van der Waals surface area contributed by atoms with Crippen molar-refractivity contribution in [1.29, 1.82) is 0 Å². The predicted molar refractivity (Wildman–Crippen MR) is 75.5 cm³/mol. The van der Waals surface area contributed by atoms with Crippen molar-refractivity contribution in [3.63, 3.8) is 0 Å². The minimum atomic E-state index is -0.167. The molecule has 4 rings (SSSR count). The van der Waals surface area contributed by atoms with Crippen molar-refractivity contribution in [3.8, 4) is 0 Å². The minimum Gasteiger partial charge on any atom is -0.458 e. The Kier molecular flexibility index (Phi) is 2.69. The van der Waals surface area contributed by atoms with Gasteiger partial charge in [-0.15, -0.1) is 0 Å². The van der Waals surface area contributed by atoms with Crippen LogP contribution in [0.25, 0.3) is 0 Å². The fourth-order valence-corrected chi connectivity index (χ4v) is 5.57. The van der Waals surface area contributed by atoms with Crippen LogP contribution in [0, 0.1) is 28.6 Å². The molecule has 0 heterocycles. The quantitative estimate of drug-likeness (QED) is 0.528. The standard InChI is InChI=1S/C17H26O2/c1-10-13(19-11(2)18)9-12-15-14(10)17(12,5)8-6-7-16(15,3)4/h12-15H,1,6-9H2,2-5H3/t12-,13-,14-,15?,17-/m0/s1. The van der Waals surface area contributed by atoms with Crippen molar-refractivity contribution < 1.29 is 9.53 Å². The maximum Gasteiger partial charge on any atom is 0.303 e. The van der Waals surface area contributed by atoms with Crippen LogP contribution < -0.4 is 0 Å². The van der Waals surface area contributed by atoms with Crippen molar-refractivity contribution >= 4 is 5.97 Å². The SMILES string of the molecule is C=C1[C@@H](OC(C)=O)C[C@H]2C3[C@H]1[C@@]2(C)CCCC3(C)C. The molecule has 4 bridgehead atoms. The lowest BCUT2D eigenvalue weighted by atomic mass is 9.37. The predicted octanol–water partition coefficient (Wildman–Crippen LogP) is 3.96. The number of esters is 1. The van der Waals surface area contributed by atoms with E-state index in [0.29, 0.717) is 22.7 Å². The number of hydrogen-bond acceptors (Lipinski definition) is 2. The first kappa shape index (κ1) is 13.2. The van der Waals surface area contributed by atoms with Gasteiger partial charge in [-0.05, 0) is 53.4 Å². The lowest BCUT2D eigenvalue weighted by Crippen LogP contribution is -2.64. The van der Waals surface area contributed by atoms with E-state index in [9.17, 15) is 4.79 Å². The summed E-state index contributed by atoms with van der Waals surface area (Å²) in [5.41, 5.74) is 2.03. The Bertz CT molecular complexity index is 437. The summed E-state index contributed by atoms with van der Waals surface area (Å²) in [6.45, 7) is 13.1. The average molecular weight is 262 g/mol. The number of rotatable bonds is 1. The third-order valence-corrected chi connectivity index (χ3v) is 6.38. The van der Waals surface area contributed by atoms with E-state index in [-0.39, 0.29) is 12.1 Å². The summed E-state index contributed by atoms with van der Waals surface area (Å²) in [6.07, 6.45) is 4.95. The molecule has 4 aliphatic rings. The van der Waals surface area contributed by atoms with Crippen LogP contribution in [0.3, 0.4) is 0 Å². The topological polar surface area (TPSA) is 26.3 Å². The Labute approximate surface area is 116 Å². The minimum absolute atomic E-state index is 0.0225. The van der Waals surface area contributed by atoms with Crippen LogP contribution in [-0.4, -0.2) is 12.1 Å². The Morgan fingerprint density at radius 1 is 1.32 bits per heavy atom. The molecule has 0 aromatic heterocycles. The van der Waals surface area contributed by atoms with Crippen molar-refractivity contribution in [2.75, 3.05) is 0 Å². The first-order valence-electron chi connectivity index (χ1n) is 7.63. The molecule has 0 aromatic carbocycles. The Morgan fingerprint density at radius 3 is 2.58 bits per heavy atom. The Morgan fingerprint density at radius 2 is 2.00 bits per heavy atom. The van der Waals surface area contributed by atoms with E-state index in [1.54, 1.807) is 0 Å². The summed E-state index contributed by atoms with van der Waals surface area (Å²) in [7, 11) is 0. The Hall–Kier alpha value is -0.790. The largest absolute Gasteiger partial charge is 0.458 e. The van der Waals surface area contributed by atoms with E-state index in [2.05, 4.69) is 27.4 Å². The normalized spacial score (nSPS) is 47.1. The van der Waals surface area contributed by atoms with Crippen LogP contribution in [0.4, 0.5) is 0 Å². The molecule has 4 fully saturated rings. The number of ether oxygens (including phenoxy) is 1. The van der Waals surface area contributed by atoms with Gasteiger partial charge in [0.25, 0.3) is 0 Å². The first-order chi connectivity index (χ1) is 8.77. The molecule has 0 radical (unpaired) electrons. The van der Waals surface area contributed by atoms with Crippen molar-refractivity contribution in [2.24, 2.45) is 28.6 Å². The highest BCUT2D eigenvalue weighted by atomic mass is 16.5. The molecular weight excluding hydrogens is 236 g/mol. The molecule has 5 atom stereocenters. The van der Waals surface area contributed by atoms with E-state index < -0.39 is 0 Å². The molecule has 1 unspecified atom stereocenters. The molecule has 2 nitrogen and oxygen atoms in total. The van der Waals surface area contributed by atoms with E-state index >= 15 is 0 Å². The lowest BCUT2D eigenvalue weighted by molar-refractivity contribution is -0.188. The monoisotopic (exact) mass is 262 g/mol. The highest BCUT2D eigenvalue weighted by molar-refractivity contribution is 5.66. The zero-order valence-electron chi connectivity index (χ0n) is 12.7. The maximum absolute atomic E-state index is 11.2. The molecular formula is C17H26O2. The van der Waals surface area contributed by atoms with Gasteiger partial charge in [0.05, 0.1) is 0 Å². The van der Waals surface area contributed by atoms with Gasteiger partial charge < -0.3 is 4.74 Å². The number of fused-ring (bicyclic) bond motifs is 2. The molecule has 19 heavy (non-hydrogen) atoms. The maximum atomic E-state index is 11.2. The summed E-state index contributed by atoms with van der Waals surface area (Å²) in [5, 5.41) is 0. The number of hydrogen-bond donors (Lipinski definition) is 0. The average Bonchev–Trinajstić information content (AvgIpc) is 2.44. The van der Waals surface area contributed by atoms with Crippen LogP contribution in [0.1, 0.15) is 53.4 Å². The van der Waals surface area contributed by atoms with Gasteiger partial charge in [0.2, 0.25) is 0 Å². The molecule has 0 saturated heterocycles. The van der Waals surface area contributed by atoms with Crippen LogP contribution in [0.15, 0.2) is 12.2 Å². The summed E-state index contributed by atoms with van der Waals surface area (Å²) in [6, 6.07) is 0. The van der Waals surface area contributed by atoms with E-state index in [0.717, 1.165) is 12.3 Å². The summed E-state index contributed by atoms with van der Waals surface area (Å²) in [5.74, 6) is 1.86. The van der Waals surface area contributed by atoms with Gasteiger partial charge in [0.15, 0.2) is 0 Å². The van der Waals surface area contributed by atoms with Gasteiger partial charge in [-0.1, -0.05) is 33.8 Å². The Balaban J connectivity index is 1.91. The fourth-order valence-electron chi connectivity index (χ4n) is 5.57. The second kappa shape index (κ2) is 3.86. The third kappa shape index (κ3) is 1.64. The first-order valence-corrected chi connectivity index (χ1v) is 7.63. The van der Waals surface area contributed by atoms with Crippen LogP contribution in [0.2, 0.25) is 0 Å². The number of carbonyl (C=O) groups is 1. The second-order valence-corrected chi connectivity index (χ2v) is 7.87. The third-order valence-electron chi connectivity index (χ3n) is 6.38. The summed E-state index contributed by atoms with van der Waals surface area (Å²) in [4.78, 5) is 11.2. The van der Waals surface area contributed by atoms with Gasteiger partial charge in [0.1, 0.15) is 6.10 Å². The van der Waals surface area contributed by atoms with Crippen LogP contribution >= 0.6 is 0 Å². The molecule has 0 aromatic rings. The van der Waals surface area contributed by atoms with Gasteiger partial charge in [-0.25, -0.2) is 0 Å². The van der Waals surface area contributed by atoms with Crippen molar-refractivity contribution in [3.05, 3.63) is 12.2 Å². The van der Waals surface area contributed by atoms with E-state index in [1.165, 1.54) is 31.8 Å². The van der Waals surface area contributed by atoms with E-state index in [1.807, 2.05) is 0 Å². The molecule has 0 N–H and O–H groups in total. The highest BCUT2D eigenvalue weighted by Gasteiger charge is 2.68. The molecule has 0 aliphatic heterocycles. The molecule has 2 heteroatoms. The van der Waals surface area contributed by atoms with Crippen molar-refractivity contribution in [1.82, 2.24) is 0 Å². The van der Waals surface area contributed by atoms with Gasteiger partial charge in [-0.2, -0.15) is 0 Å². The van der Waals surface area contributed by atoms with Crippen LogP contribution in [-0.2, 0) is 9.53 Å². The van der Waals surface area contributed by atoms with Gasteiger partial charge >= 0.3 is 5.97 Å². The van der Waals surface area contributed by atoms with Gasteiger partial charge in [-0.3, -0.25) is 4.79 Å². The van der Waals surface area contributed by atoms with Gasteiger partial charge in [0, 0.05) is 6.92 Å². The lowest BCUT2D eigenvalue weighted by Gasteiger charge is -2.68. The zero-order chi connectivity index (χ0) is 14.0. The van der Waals surface area contributed by atoms with Crippen molar-refractivity contribution in [2.45, 2.75) is 59.5 Å². The molecule has 106 valence electrons. The second-order valence-electron chi connectivity index (χ2n) is 7.87. The van der Waals surface area contributed by atoms with Crippen LogP contribution in [0.5, 0.6) is 0 Å². The number of carbonyl (C=O) groups excluding carboxylic acids is 1. The smallest absolute Gasteiger partial charge is 0.303 e. The fraction of sp³-hybridized carbons (Fsp3) is 0.824. The molecule has 4 aliphatic carbocycles. The summed E-state index contributed by atoms with van der Waals surface area (Å²) < 4.78 is 5.49. The highest BCUT2D eigenvalue weighted by Crippen LogP contribution is 2.73. The molecule has 0 spiro atoms. The molecule has 4 saturated carbocycles. The molecule has 0 amide bonds. The summed E-state index contributed by atoms with van der Waals surface area (Å²) >= 11 is 0. The zero-order valence-corrected chi connectivity index (χ0v) is 12.7.